The monoisotopic (exact) mass is 288 g/mol. The fourth-order valence-electron chi connectivity index (χ4n) is 1.86. The molecule has 2 rings (SSSR count). The largest absolute Gasteiger partial charge is 0.481 e. The lowest BCUT2D eigenvalue weighted by molar-refractivity contribution is -0.127. The fourth-order valence-corrected chi connectivity index (χ4v) is 1.86. The molecule has 1 N–H and O–H groups in total. The predicted octanol–water partition coefficient (Wildman–Crippen LogP) is 1.69. The minimum Gasteiger partial charge on any atom is -0.481 e. The van der Waals surface area contributed by atoms with Crippen molar-refractivity contribution >= 4 is 5.91 Å². The van der Waals surface area contributed by atoms with Gasteiger partial charge in [-0.15, -0.1) is 10.2 Å². The average molecular weight is 288 g/mol. The second-order valence-electron chi connectivity index (χ2n) is 4.82. The van der Waals surface area contributed by atoms with Gasteiger partial charge in [-0.3, -0.25) is 4.79 Å². The molecular weight excluding hydrogens is 268 g/mol. The van der Waals surface area contributed by atoms with Crippen molar-refractivity contribution in [1.29, 1.82) is 0 Å². The topological polar surface area (TPSA) is 69.0 Å². The predicted molar refractivity (Wildman–Crippen MR) is 78.8 cm³/mol. The number of nitrogens with one attached hydrogen (secondary N) is 1. The van der Waals surface area contributed by atoms with Gasteiger partial charge in [-0.25, -0.2) is 0 Å². The van der Waals surface area contributed by atoms with Crippen LogP contribution in [-0.2, 0) is 17.9 Å². The first-order valence-electron chi connectivity index (χ1n) is 6.98. The number of hydrogen-bond acceptors (Lipinski definition) is 4. The number of aromatic nitrogens is 3. The number of aryl methyl sites for hydroxylation is 2. The van der Waals surface area contributed by atoms with Crippen LogP contribution in [0.25, 0.3) is 0 Å². The Balaban J connectivity index is 1.86. The summed E-state index contributed by atoms with van der Waals surface area (Å²) in [5.41, 5.74) is 1.15. The Bertz CT molecular complexity index is 592. The molecule has 0 saturated heterocycles. The van der Waals surface area contributed by atoms with Crippen LogP contribution in [0, 0.1) is 6.92 Å². The Labute approximate surface area is 124 Å². The van der Waals surface area contributed by atoms with Gasteiger partial charge in [-0.1, -0.05) is 17.7 Å². The van der Waals surface area contributed by atoms with Crippen LogP contribution >= 0.6 is 0 Å². The second-order valence-corrected chi connectivity index (χ2v) is 4.82. The van der Waals surface area contributed by atoms with E-state index in [0.29, 0.717) is 12.3 Å². The van der Waals surface area contributed by atoms with Crippen LogP contribution in [-0.4, -0.2) is 26.8 Å². The molecule has 0 aliphatic heterocycles. The standard InChI is InChI=1S/C15H20N4O2/c1-4-19-10-17-18-14(19)9-16-15(20)12(3)21-13-7-5-11(2)6-8-13/h5-8,10,12H,4,9H2,1-3H3,(H,16,20)/t12-/m1/s1. The molecule has 6 nitrogen and oxygen atoms in total. The lowest BCUT2D eigenvalue weighted by atomic mass is 10.2. The van der Waals surface area contributed by atoms with Crippen LogP contribution in [0.15, 0.2) is 30.6 Å². The first kappa shape index (κ1) is 15.0. The molecule has 0 radical (unpaired) electrons. The van der Waals surface area contributed by atoms with Gasteiger partial charge < -0.3 is 14.6 Å². The lowest BCUT2D eigenvalue weighted by Gasteiger charge is -2.14. The van der Waals surface area contributed by atoms with Gasteiger partial charge in [-0.2, -0.15) is 0 Å². The van der Waals surface area contributed by atoms with Crippen molar-refractivity contribution in [2.45, 2.75) is 40.0 Å². The van der Waals surface area contributed by atoms with Crippen molar-refractivity contribution in [3.05, 3.63) is 42.0 Å². The Morgan fingerprint density at radius 3 is 2.76 bits per heavy atom. The minimum absolute atomic E-state index is 0.179. The van der Waals surface area contributed by atoms with Crippen molar-refractivity contribution in [3.8, 4) is 5.75 Å². The highest BCUT2D eigenvalue weighted by atomic mass is 16.5. The summed E-state index contributed by atoms with van der Waals surface area (Å²) in [6.07, 6.45) is 1.08. The summed E-state index contributed by atoms with van der Waals surface area (Å²) < 4.78 is 7.48. The SMILES string of the molecule is CCn1cnnc1CNC(=O)[C@@H](C)Oc1ccc(C)cc1. The molecule has 0 saturated carbocycles. The summed E-state index contributed by atoms with van der Waals surface area (Å²) in [6.45, 7) is 6.84. The molecule has 0 bridgehead atoms. The van der Waals surface area contributed by atoms with Gasteiger partial charge in [0.15, 0.2) is 11.9 Å². The number of rotatable bonds is 6. The maximum atomic E-state index is 12.0. The maximum Gasteiger partial charge on any atom is 0.261 e. The molecule has 0 spiro atoms. The Kier molecular flexibility index (Phi) is 4.92. The van der Waals surface area contributed by atoms with Gasteiger partial charge in [-0.05, 0) is 32.9 Å². The van der Waals surface area contributed by atoms with Crippen LogP contribution in [0.3, 0.4) is 0 Å². The third-order valence-electron chi connectivity index (χ3n) is 3.16. The molecule has 2 aromatic rings. The van der Waals surface area contributed by atoms with E-state index in [2.05, 4.69) is 15.5 Å². The zero-order valence-corrected chi connectivity index (χ0v) is 12.5. The van der Waals surface area contributed by atoms with Gasteiger partial charge in [0, 0.05) is 6.54 Å². The van der Waals surface area contributed by atoms with Gasteiger partial charge >= 0.3 is 0 Å². The summed E-state index contributed by atoms with van der Waals surface area (Å²) in [5.74, 6) is 1.23. The molecule has 1 aromatic heterocycles. The Morgan fingerprint density at radius 2 is 2.10 bits per heavy atom. The van der Waals surface area contributed by atoms with E-state index >= 15 is 0 Å². The van der Waals surface area contributed by atoms with Crippen LogP contribution in [0.2, 0.25) is 0 Å². The smallest absolute Gasteiger partial charge is 0.261 e. The molecule has 21 heavy (non-hydrogen) atoms. The van der Waals surface area contributed by atoms with Crippen molar-refractivity contribution in [1.82, 2.24) is 20.1 Å². The third kappa shape index (κ3) is 4.05. The number of ether oxygens (including phenoxy) is 1. The number of amides is 1. The second kappa shape index (κ2) is 6.88. The Morgan fingerprint density at radius 1 is 1.38 bits per heavy atom. The molecule has 0 aliphatic rings. The van der Waals surface area contributed by atoms with E-state index in [4.69, 9.17) is 4.74 Å². The van der Waals surface area contributed by atoms with Crippen LogP contribution in [0.1, 0.15) is 25.2 Å². The van der Waals surface area contributed by atoms with Crippen LogP contribution in [0.5, 0.6) is 5.75 Å². The number of carbonyl (C=O) groups is 1. The Hall–Kier alpha value is -2.37. The molecule has 0 fully saturated rings. The highest BCUT2D eigenvalue weighted by Gasteiger charge is 2.15. The molecule has 1 atom stereocenters. The molecule has 112 valence electrons. The zero-order chi connectivity index (χ0) is 15.2. The first-order valence-corrected chi connectivity index (χ1v) is 6.98. The number of nitrogens with zero attached hydrogens (tertiary/aromatic N) is 3. The summed E-state index contributed by atoms with van der Waals surface area (Å²) in [6, 6.07) is 7.60. The van der Waals surface area contributed by atoms with Crippen molar-refractivity contribution in [2.24, 2.45) is 0 Å². The first-order chi connectivity index (χ1) is 10.1. The normalized spacial score (nSPS) is 12.0. The molecule has 1 amide bonds. The van der Waals surface area contributed by atoms with E-state index in [1.165, 1.54) is 0 Å². The minimum atomic E-state index is -0.564. The molecule has 0 aliphatic carbocycles. The zero-order valence-electron chi connectivity index (χ0n) is 12.5. The van der Waals surface area contributed by atoms with E-state index in [0.717, 1.165) is 17.9 Å². The van der Waals surface area contributed by atoms with Gasteiger partial charge in [0.1, 0.15) is 12.1 Å². The molecular formula is C15H20N4O2. The molecule has 0 unspecified atom stereocenters. The quantitative estimate of drug-likeness (QED) is 0.878. The summed E-state index contributed by atoms with van der Waals surface area (Å²) in [4.78, 5) is 12.0. The summed E-state index contributed by atoms with van der Waals surface area (Å²) >= 11 is 0. The van der Waals surface area contributed by atoms with Crippen LogP contribution < -0.4 is 10.1 Å². The average Bonchev–Trinajstić information content (AvgIpc) is 2.94. The van der Waals surface area contributed by atoms with Gasteiger partial charge in [0.2, 0.25) is 0 Å². The van der Waals surface area contributed by atoms with Crippen LogP contribution in [0.4, 0.5) is 0 Å². The summed E-state index contributed by atoms with van der Waals surface area (Å²) in [5, 5.41) is 10.6. The molecule has 1 aromatic carbocycles. The third-order valence-corrected chi connectivity index (χ3v) is 3.16. The fraction of sp³-hybridized carbons (Fsp3) is 0.400. The van der Waals surface area contributed by atoms with Gasteiger partial charge in [0.05, 0.1) is 6.54 Å². The van der Waals surface area contributed by atoms with E-state index in [1.54, 1.807) is 13.3 Å². The highest BCUT2D eigenvalue weighted by Crippen LogP contribution is 2.13. The summed E-state index contributed by atoms with van der Waals surface area (Å²) in [7, 11) is 0. The van der Waals surface area contributed by atoms with E-state index in [-0.39, 0.29) is 5.91 Å². The number of carbonyl (C=O) groups excluding carboxylic acids is 1. The van der Waals surface area contributed by atoms with Crippen molar-refractivity contribution in [3.63, 3.8) is 0 Å². The molecule has 1 heterocycles. The lowest BCUT2D eigenvalue weighted by Crippen LogP contribution is -2.36. The maximum absolute atomic E-state index is 12.0. The van der Waals surface area contributed by atoms with Gasteiger partial charge in [0.25, 0.3) is 5.91 Å². The van der Waals surface area contributed by atoms with Crippen molar-refractivity contribution in [2.75, 3.05) is 0 Å². The number of hydrogen-bond donors (Lipinski definition) is 1. The van der Waals surface area contributed by atoms with E-state index < -0.39 is 6.10 Å². The highest BCUT2D eigenvalue weighted by molar-refractivity contribution is 5.80. The molecule has 6 heteroatoms. The van der Waals surface area contributed by atoms with E-state index in [1.807, 2.05) is 42.7 Å². The van der Waals surface area contributed by atoms with Crippen molar-refractivity contribution < 1.29 is 9.53 Å². The number of benzene rings is 1. The van der Waals surface area contributed by atoms with E-state index in [9.17, 15) is 4.79 Å².